The molecule has 0 atom stereocenters. The number of rotatable bonds is 7. The van der Waals surface area contributed by atoms with Crippen molar-refractivity contribution in [2.24, 2.45) is 5.92 Å². The quantitative estimate of drug-likeness (QED) is 0.405. The minimum atomic E-state index is -0.262. The summed E-state index contributed by atoms with van der Waals surface area (Å²) in [6.45, 7) is 2.00. The molecule has 4 aromatic rings. The van der Waals surface area contributed by atoms with Crippen molar-refractivity contribution in [2.75, 3.05) is 38.8 Å². The third-order valence-corrected chi connectivity index (χ3v) is 7.68. The van der Waals surface area contributed by atoms with Crippen molar-refractivity contribution in [3.05, 3.63) is 54.1 Å². The van der Waals surface area contributed by atoms with Gasteiger partial charge in [0, 0.05) is 30.3 Å². The number of carbonyl (C=O) groups is 1. The van der Waals surface area contributed by atoms with Gasteiger partial charge in [-0.3, -0.25) is 4.79 Å². The highest BCUT2D eigenvalue weighted by atomic mass is 32.1. The van der Waals surface area contributed by atoms with E-state index in [1.165, 1.54) is 23.7 Å². The van der Waals surface area contributed by atoms with E-state index in [4.69, 9.17) is 9.47 Å². The van der Waals surface area contributed by atoms with Crippen molar-refractivity contribution in [1.29, 1.82) is 0 Å². The molecule has 0 aliphatic carbocycles. The molecule has 0 bridgehead atoms. The van der Waals surface area contributed by atoms with Crippen LogP contribution in [0.3, 0.4) is 0 Å². The summed E-state index contributed by atoms with van der Waals surface area (Å²) in [6, 6.07) is 10.9. The summed E-state index contributed by atoms with van der Waals surface area (Å²) in [5, 5.41) is 3.64. The highest BCUT2D eigenvalue weighted by Gasteiger charge is 2.27. The molecule has 1 fully saturated rings. The second-order valence-electron chi connectivity index (χ2n) is 8.58. The Morgan fingerprint density at radius 2 is 1.94 bits per heavy atom. The van der Waals surface area contributed by atoms with Gasteiger partial charge in [-0.1, -0.05) is 12.1 Å². The number of halogens is 1. The molecular weight excluding hydrogens is 467 g/mol. The van der Waals surface area contributed by atoms with Crippen molar-refractivity contribution in [3.8, 4) is 11.5 Å². The summed E-state index contributed by atoms with van der Waals surface area (Å²) in [5.41, 5.74) is 1.73. The number of piperidine rings is 1. The number of nitrogens with zero attached hydrogens (tertiary/aromatic N) is 3. The van der Waals surface area contributed by atoms with Gasteiger partial charge < -0.3 is 19.7 Å². The van der Waals surface area contributed by atoms with Gasteiger partial charge in [-0.25, -0.2) is 14.4 Å². The second kappa shape index (κ2) is 10.0. The zero-order valence-corrected chi connectivity index (χ0v) is 20.5. The predicted octanol–water partition coefficient (Wildman–Crippen LogP) is 4.58. The van der Waals surface area contributed by atoms with Crippen LogP contribution < -0.4 is 19.7 Å². The number of anilines is 1. The Labute approximate surface area is 206 Å². The van der Waals surface area contributed by atoms with Crippen LogP contribution in [0.2, 0.25) is 0 Å². The Kier molecular flexibility index (Phi) is 6.68. The van der Waals surface area contributed by atoms with Crippen molar-refractivity contribution >= 4 is 43.4 Å². The number of amides is 1. The zero-order chi connectivity index (χ0) is 24.4. The molecule has 1 aliphatic heterocycles. The summed E-state index contributed by atoms with van der Waals surface area (Å²) in [4.78, 5) is 23.8. The Morgan fingerprint density at radius 1 is 1.14 bits per heavy atom. The fraction of sp³-hybridized carbons (Fsp3) is 0.346. The summed E-state index contributed by atoms with van der Waals surface area (Å²) >= 11 is 1.51. The average Bonchev–Trinajstić information content (AvgIpc) is 3.28. The lowest BCUT2D eigenvalue weighted by Crippen LogP contribution is -2.41. The molecule has 0 radical (unpaired) electrons. The maximum absolute atomic E-state index is 14.4. The van der Waals surface area contributed by atoms with Crippen LogP contribution in [0.5, 0.6) is 11.5 Å². The average molecular weight is 495 g/mol. The highest BCUT2D eigenvalue weighted by Crippen LogP contribution is 2.39. The molecule has 35 heavy (non-hydrogen) atoms. The number of carbonyl (C=O) groups excluding carboxylic acids is 1. The van der Waals surface area contributed by atoms with Gasteiger partial charge in [-0.15, -0.1) is 11.3 Å². The molecule has 1 saturated heterocycles. The lowest BCUT2D eigenvalue weighted by atomic mass is 9.95. The van der Waals surface area contributed by atoms with Crippen LogP contribution in [0.15, 0.2) is 42.7 Å². The maximum atomic E-state index is 14.4. The van der Waals surface area contributed by atoms with Gasteiger partial charge in [-0.05, 0) is 49.1 Å². The van der Waals surface area contributed by atoms with E-state index in [9.17, 15) is 9.18 Å². The van der Waals surface area contributed by atoms with Gasteiger partial charge in [-0.2, -0.15) is 0 Å². The predicted molar refractivity (Wildman–Crippen MR) is 136 cm³/mol. The Hall–Kier alpha value is -3.46. The number of fused-ring (bicyclic) bond motifs is 3. The molecule has 182 valence electrons. The van der Waals surface area contributed by atoms with Gasteiger partial charge in [0.2, 0.25) is 5.91 Å². The van der Waals surface area contributed by atoms with E-state index in [0.717, 1.165) is 46.7 Å². The Balaban J connectivity index is 1.19. The number of thiophene rings is 1. The molecule has 0 unspecified atom stereocenters. The number of aromatic nitrogens is 2. The molecule has 2 aromatic heterocycles. The van der Waals surface area contributed by atoms with Crippen molar-refractivity contribution in [2.45, 2.75) is 19.3 Å². The number of nitrogens with one attached hydrogen (secondary N) is 1. The third kappa shape index (κ3) is 4.60. The van der Waals surface area contributed by atoms with E-state index in [2.05, 4.69) is 20.2 Å². The molecule has 2 aromatic carbocycles. The van der Waals surface area contributed by atoms with Gasteiger partial charge in [0.05, 0.1) is 29.8 Å². The van der Waals surface area contributed by atoms with Gasteiger partial charge in [0.15, 0.2) is 11.5 Å². The number of hydrogen-bond acceptors (Lipinski definition) is 7. The van der Waals surface area contributed by atoms with E-state index in [-0.39, 0.29) is 17.6 Å². The fourth-order valence-corrected chi connectivity index (χ4v) is 5.84. The van der Waals surface area contributed by atoms with Gasteiger partial charge in [0.1, 0.15) is 18.0 Å². The van der Waals surface area contributed by atoms with Crippen LogP contribution in [0.25, 0.3) is 20.3 Å². The zero-order valence-electron chi connectivity index (χ0n) is 19.7. The first-order valence-electron chi connectivity index (χ1n) is 11.6. The smallest absolute Gasteiger partial charge is 0.223 e. The van der Waals surface area contributed by atoms with Gasteiger partial charge >= 0.3 is 0 Å². The molecule has 0 spiro atoms. The van der Waals surface area contributed by atoms with Crippen LogP contribution in [-0.4, -0.2) is 49.7 Å². The van der Waals surface area contributed by atoms with Crippen LogP contribution >= 0.6 is 11.3 Å². The van der Waals surface area contributed by atoms with Crippen LogP contribution in [0, 0.1) is 11.7 Å². The molecular formula is C26H27FN4O3S. The minimum absolute atomic E-state index is 0.0335. The second-order valence-corrected chi connectivity index (χ2v) is 9.63. The fourth-order valence-electron chi connectivity index (χ4n) is 4.65. The first kappa shape index (κ1) is 23.3. The monoisotopic (exact) mass is 494 g/mol. The SMILES string of the molecule is COc1ccc(CCNC(=O)C2CCN(c3ncnc4c3sc3cccc(F)c34)CC2)cc1OC. The highest BCUT2D eigenvalue weighted by molar-refractivity contribution is 7.26. The van der Waals surface area contributed by atoms with Crippen molar-refractivity contribution in [1.82, 2.24) is 15.3 Å². The summed E-state index contributed by atoms with van der Waals surface area (Å²) in [6.07, 6.45) is 3.70. The third-order valence-electron chi connectivity index (χ3n) is 6.54. The Morgan fingerprint density at radius 3 is 2.71 bits per heavy atom. The molecule has 7 nitrogen and oxygen atoms in total. The van der Waals surface area contributed by atoms with E-state index >= 15 is 0 Å². The molecule has 0 saturated carbocycles. The van der Waals surface area contributed by atoms with Crippen molar-refractivity contribution < 1.29 is 18.7 Å². The van der Waals surface area contributed by atoms with Gasteiger partial charge in [0.25, 0.3) is 0 Å². The first-order chi connectivity index (χ1) is 17.1. The minimum Gasteiger partial charge on any atom is -0.493 e. The molecule has 1 N–H and O–H groups in total. The number of hydrogen-bond donors (Lipinski definition) is 1. The van der Waals surface area contributed by atoms with Crippen LogP contribution in [0.1, 0.15) is 18.4 Å². The number of benzene rings is 2. The van der Waals surface area contributed by atoms with E-state index in [1.807, 2.05) is 24.3 Å². The van der Waals surface area contributed by atoms with E-state index in [1.54, 1.807) is 20.3 Å². The summed E-state index contributed by atoms with van der Waals surface area (Å²) in [5.74, 6) is 1.98. The lowest BCUT2D eigenvalue weighted by Gasteiger charge is -2.32. The molecule has 1 aliphatic rings. The summed E-state index contributed by atoms with van der Waals surface area (Å²) in [7, 11) is 3.22. The molecule has 3 heterocycles. The lowest BCUT2D eigenvalue weighted by molar-refractivity contribution is -0.125. The topological polar surface area (TPSA) is 76.6 Å². The maximum Gasteiger partial charge on any atom is 0.223 e. The summed E-state index contributed by atoms with van der Waals surface area (Å²) < 4.78 is 26.8. The van der Waals surface area contributed by atoms with Crippen molar-refractivity contribution in [3.63, 3.8) is 0 Å². The van der Waals surface area contributed by atoms with E-state index < -0.39 is 0 Å². The van der Waals surface area contributed by atoms with E-state index in [0.29, 0.717) is 35.4 Å². The molecule has 9 heteroatoms. The Bertz CT molecular complexity index is 1370. The first-order valence-corrected chi connectivity index (χ1v) is 12.5. The molecule has 5 rings (SSSR count). The number of ether oxygens (including phenoxy) is 2. The molecule has 1 amide bonds. The number of methoxy groups -OCH3 is 2. The standard InChI is InChI=1S/C26H27FN4O3S/c1-33-19-7-6-16(14-20(19)34-2)8-11-28-26(32)17-9-12-31(13-10-17)25-24-23(29-15-30-25)22-18(27)4-3-5-21(22)35-24/h3-7,14-15,17H,8-13H2,1-2H3,(H,28,32). The van der Waals surface area contributed by atoms with Crippen LogP contribution in [0.4, 0.5) is 10.2 Å². The largest absolute Gasteiger partial charge is 0.493 e. The normalized spacial score (nSPS) is 14.4. The van der Waals surface area contributed by atoms with Crippen LogP contribution in [-0.2, 0) is 11.2 Å².